The Kier molecular flexibility index (Phi) is 3.01. The molecule has 2 aromatic heterocycles. The van der Waals surface area contributed by atoms with E-state index >= 15 is 0 Å². The van der Waals surface area contributed by atoms with E-state index in [2.05, 4.69) is 35.9 Å². The number of halogens is 3. The van der Waals surface area contributed by atoms with Crippen LogP contribution in [0.4, 0.5) is 8.78 Å². The van der Waals surface area contributed by atoms with Crippen LogP contribution in [0.15, 0.2) is 16.9 Å². The van der Waals surface area contributed by atoms with E-state index < -0.39 is 12.2 Å². The van der Waals surface area contributed by atoms with Crippen LogP contribution < -0.4 is 0 Å². The first-order valence-corrected chi connectivity index (χ1v) is 5.02. The fourth-order valence-electron chi connectivity index (χ4n) is 1.13. The summed E-state index contributed by atoms with van der Waals surface area (Å²) >= 11 is 3.07. The fraction of sp³-hybridized carbons (Fsp3) is 0. The Bertz CT molecular complexity index is 625. The van der Waals surface area contributed by atoms with Gasteiger partial charge in [-0.25, -0.2) is 9.97 Å². The Morgan fingerprint density at radius 3 is 2.29 bits per heavy atom. The Hall–Kier alpha value is -2.01. The van der Waals surface area contributed by atoms with E-state index in [1.807, 2.05) is 0 Å². The summed E-state index contributed by atoms with van der Waals surface area (Å²) in [6.07, 6.45) is 0.138. The van der Waals surface area contributed by atoms with E-state index in [1.54, 1.807) is 6.07 Å². The highest BCUT2D eigenvalue weighted by Crippen LogP contribution is 2.26. The van der Waals surface area contributed by atoms with Gasteiger partial charge in [0.25, 0.3) is 0 Å². The van der Waals surface area contributed by atoms with Crippen molar-refractivity contribution < 1.29 is 8.78 Å². The monoisotopic (exact) mass is 297 g/mol. The fourth-order valence-corrected chi connectivity index (χ4v) is 1.51. The quantitative estimate of drug-likeness (QED) is 0.751. The molecule has 17 heavy (non-hydrogen) atoms. The Morgan fingerprint density at radius 1 is 1.06 bits per heavy atom. The topological polar surface area (TPSA) is 75.3 Å². The number of hydrogen-bond acceptors (Lipinski definition) is 5. The van der Waals surface area contributed by atoms with Gasteiger partial charge in [0, 0.05) is 6.20 Å². The third kappa shape index (κ3) is 2.24. The van der Waals surface area contributed by atoms with Crippen molar-refractivity contribution in [3.05, 3.63) is 34.6 Å². The summed E-state index contributed by atoms with van der Waals surface area (Å²) < 4.78 is 26.1. The molecule has 0 saturated heterocycles. The molecular weight excluding hydrogens is 296 g/mol. The summed E-state index contributed by atoms with van der Waals surface area (Å²) in [5.74, 6) is 0. The predicted molar refractivity (Wildman–Crippen MR) is 55.4 cm³/mol. The summed E-state index contributed by atoms with van der Waals surface area (Å²) in [7, 11) is 0. The van der Waals surface area contributed by atoms with E-state index in [1.165, 1.54) is 0 Å². The number of aromatic nitrogens is 4. The summed E-state index contributed by atoms with van der Waals surface area (Å²) in [6, 6.07) is 1.77. The van der Waals surface area contributed by atoms with Gasteiger partial charge in [-0.2, -0.15) is 24.0 Å². The zero-order chi connectivity index (χ0) is 12.4. The Morgan fingerprint density at radius 2 is 1.65 bits per heavy atom. The third-order valence-electron chi connectivity index (χ3n) is 1.82. The standard InChI is InChI=1S/C9H2BrF2N5/c10-5-3-15-9(12)17-7(5)6-4(1-13)2-14-8(11)16-6/h2-3H. The van der Waals surface area contributed by atoms with Gasteiger partial charge in [0.2, 0.25) is 0 Å². The molecule has 2 rings (SSSR count). The second kappa shape index (κ2) is 4.47. The van der Waals surface area contributed by atoms with Crippen LogP contribution in [0.3, 0.4) is 0 Å². The lowest BCUT2D eigenvalue weighted by Crippen LogP contribution is -2.00. The molecule has 0 spiro atoms. The first kappa shape index (κ1) is 11.5. The molecule has 5 nitrogen and oxygen atoms in total. The lowest BCUT2D eigenvalue weighted by molar-refractivity contribution is 0.532. The normalized spacial score (nSPS) is 10.0. The van der Waals surface area contributed by atoms with Gasteiger partial charge >= 0.3 is 12.2 Å². The van der Waals surface area contributed by atoms with Gasteiger partial charge in [0.1, 0.15) is 17.5 Å². The van der Waals surface area contributed by atoms with Crippen molar-refractivity contribution in [3.8, 4) is 17.5 Å². The third-order valence-corrected chi connectivity index (χ3v) is 2.40. The van der Waals surface area contributed by atoms with Gasteiger partial charge in [-0.3, -0.25) is 0 Å². The van der Waals surface area contributed by atoms with E-state index in [4.69, 9.17) is 5.26 Å². The molecule has 2 heterocycles. The van der Waals surface area contributed by atoms with E-state index in [-0.39, 0.29) is 17.0 Å². The van der Waals surface area contributed by atoms with Crippen molar-refractivity contribution in [1.29, 1.82) is 5.26 Å². The van der Waals surface area contributed by atoms with E-state index in [0.717, 1.165) is 12.4 Å². The van der Waals surface area contributed by atoms with Gasteiger partial charge in [-0.15, -0.1) is 0 Å². The van der Waals surface area contributed by atoms with Crippen LogP contribution in [0, 0.1) is 23.5 Å². The predicted octanol–water partition coefficient (Wildman–Crippen LogP) is 1.85. The minimum Gasteiger partial charge on any atom is -0.210 e. The van der Waals surface area contributed by atoms with Crippen LogP contribution in [0.1, 0.15) is 5.56 Å². The maximum absolute atomic E-state index is 12.9. The molecule has 0 aliphatic carbocycles. The average Bonchev–Trinajstić information content (AvgIpc) is 2.32. The molecule has 2 aromatic rings. The van der Waals surface area contributed by atoms with Gasteiger partial charge in [-0.1, -0.05) is 0 Å². The van der Waals surface area contributed by atoms with Gasteiger partial charge in [-0.05, 0) is 15.9 Å². The van der Waals surface area contributed by atoms with Crippen molar-refractivity contribution in [3.63, 3.8) is 0 Å². The molecule has 84 valence electrons. The Balaban J connectivity index is 2.72. The van der Waals surface area contributed by atoms with Crippen LogP contribution in [0.25, 0.3) is 11.4 Å². The van der Waals surface area contributed by atoms with E-state index in [9.17, 15) is 8.78 Å². The van der Waals surface area contributed by atoms with Crippen LogP contribution >= 0.6 is 15.9 Å². The molecule has 0 atom stereocenters. The highest BCUT2D eigenvalue weighted by molar-refractivity contribution is 9.10. The van der Waals surface area contributed by atoms with Crippen LogP contribution in [0.5, 0.6) is 0 Å². The Labute approximate surface area is 102 Å². The second-order valence-electron chi connectivity index (χ2n) is 2.85. The SMILES string of the molecule is N#Cc1cnc(F)nc1-c1nc(F)ncc1Br. The maximum atomic E-state index is 12.9. The smallest absolute Gasteiger partial charge is 0.210 e. The largest absolute Gasteiger partial charge is 0.309 e. The van der Waals surface area contributed by atoms with Crippen molar-refractivity contribution in [2.45, 2.75) is 0 Å². The molecular formula is C9H2BrF2N5. The van der Waals surface area contributed by atoms with Gasteiger partial charge in [0.15, 0.2) is 0 Å². The number of nitrogens with zero attached hydrogens (tertiary/aromatic N) is 5. The van der Waals surface area contributed by atoms with Crippen LogP contribution in [0.2, 0.25) is 0 Å². The molecule has 0 radical (unpaired) electrons. The van der Waals surface area contributed by atoms with Crippen molar-refractivity contribution >= 4 is 15.9 Å². The molecule has 0 N–H and O–H groups in total. The number of rotatable bonds is 1. The van der Waals surface area contributed by atoms with Crippen molar-refractivity contribution in [2.24, 2.45) is 0 Å². The van der Waals surface area contributed by atoms with Crippen molar-refractivity contribution in [1.82, 2.24) is 19.9 Å². The zero-order valence-electron chi connectivity index (χ0n) is 8.02. The highest BCUT2D eigenvalue weighted by atomic mass is 79.9. The number of hydrogen-bond donors (Lipinski definition) is 0. The van der Waals surface area contributed by atoms with Crippen molar-refractivity contribution in [2.75, 3.05) is 0 Å². The molecule has 0 aliphatic heterocycles. The highest BCUT2D eigenvalue weighted by Gasteiger charge is 2.15. The maximum Gasteiger partial charge on any atom is 0.309 e. The molecule has 8 heteroatoms. The summed E-state index contributed by atoms with van der Waals surface area (Å²) in [4.78, 5) is 13.4. The lowest BCUT2D eigenvalue weighted by atomic mass is 10.2. The first-order chi connectivity index (χ1) is 8.11. The summed E-state index contributed by atoms with van der Waals surface area (Å²) in [6.45, 7) is 0. The minimum atomic E-state index is -1.02. The lowest BCUT2D eigenvalue weighted by Gasteiger charge is -2.03. The summed E-state index contributed by atoms with van der Waals surface area (Å²) in [5, 5.41) is 8.83. The molecule has 0 bridgehead atoms. The number of nitriles is 1. The molecule has 0 aromatic carbocycles. The van der Waals surface area contributed by atoms with Crippen LogP contribution in [-0.4, -0.2) is 19.9 Å². The second-order valence-corrected chi connectivity index (χ2v) is 3.70. The zero-order valence-corrected chi connectivity index (χ0v) is 9.61. The average molecular weight is 298 g/mol. The molecule has 0 saturated carbocycles. The van der Waals surface area contributed by atoms with E-state index in [0.29, 0.717) is 4.47 Å². The van der Waals surface area contributed by atoms with Crippen LogP contribution in [-0.2, 0) is 0 Å². The molecule has 0 aliphatic rings. The first-order valence-electron chi connectivity index (χ1n) is 4.23. The van der Waals surface area contributed by atoms with Gasteiger partial charge in [0.05, 0.1) is 16.2 Å². The molecule has 0 fully saturated rings. The molecule has 0 unspecified atom stereocenters. The van der Waals surface area contributed by atoms with Gasteiger partial charge < -0.3 is 0 Å². The molecule has 0 amide bonds. The summed E-state index contributed by atoms with van der Waals surface area (Å²) in [5.41, 5.74) is -0.103. The minimum absolute atomic E-state index is 0.00431.